The number of aliphatic carboxylic acids is 1. The van der Waals surface area contributed by atoms with E-state index in [2.05, 4.69) is 4.74 Å². The molecule has 0 rings (SSSR count). The first-order chi connectivity index (χ1) is 14.2. The van der Waals surface area contributed by atoms with E-state index in [-0.39, 0.29) is 29.5 Å². The fourth-order valence-corrected chi connectivity index (χ4v) is 2.25. The summed E-state index contributed by atoms with van der Waals surface area (Å²) in [5.41, 5.74) is 0.260. The third-order valence-corrected chi connectivity index (χ3v) is 3.96. The maximum atomic E-state index is 11.7. The minimum Gasteiger partial charge on any atom is -0.501 e. The van der Waals surface area contributed by atoms with Crippen molar-refractivity contribution in [2.45, 2.75) is 67.2 Å². The van der Waals surface area contributed by atoms with Crippen LogP contribution in [0.25, 0.3) is 0 Å². The van der Waals surface area contributed by atoms with E-state index in [4.69, 9.17) is 14.6 Å². The van der Waals surface area contributed by atoms with Gasteiger partial charge in [-0.2, -0.15) is 0 Å². The van der Waals surface area contributed by atoms with Crippen LogP contribution in [-0.4, -0.2) is 48.4 Å². The summed E-state index contributed by atoms with van der Waals surface area (Å²) in [5, 5.41) is 8.84. The Bertz CT molecular complexity index is 600. The molecular formula is C22H36O8. The van der Waals surface area contributed by atoms with Crippen LogP contribution >= 0.6 is 0 Å². The molecular weight excluding hydrogens is 392 g/mol. The molecule has 172 valence electrons. The number of carbonyl (C=O) groups is 4. The maximum absolute atomic E-state index is 11.7. The predicted molar refractivity (Wildman–Crippen MR) is 113 cm³/mol. The van der Waals surface area contributed by atoms with Crippen LogP contribution in [0.1, 0.15) is 67.2 Å². The van der Waals surface area contributed by atoms with Crippen molar-refractivity contribution in [2.75, 3.05) is 19.8 Å². The number of carbonyl (C=O) groups excluding carboxylic acids is 3. The van der Waals surface area contributed by atoms with Gasteiger partial charge in [-0.25, -0.2) is 4.79 Å². The lowest BCUT2D eigenvalue weighted by Gasteiger charge is -2.10. The molecule has 0 spiro atoms. The van der Waals surface area contributed by atoms with Gasteiger partial charge < -0.3 is 19.3 Å². The van der Waals surface area contributed by atoms with Crippen LogP contribution in [0.5, 0.6) is 0 Å². The van der Waals surface area contributed by atoms with Crippen LogP contribution in [0.4, 0.5) is 0 Å². The molecule has 8 nitrogen and oxygen atoms in total. The smallest absolute Gasteiger partial charge is 0.342 e. The summed E-state index contributed by atoms with van der Waals surface area (Å²) in [6.07, 6.45) is 4.10. The highest BCUT2D eigenvalue weighted by atomic mass is 16.5. The van der Waals surface area contributed by atoms with E-state index in [1.807, 2.05) is 27.7 Å². The number of hydrogen-bond acceptors (Lipinski definition) is 7. The number of carboxylic acid groups (broad SMARTS) is 1. The van der Waals surface area contributed by atoms with Crippen LogP contribution in [0, 0.1) is 5.92 Å². The molecule has 0 fully saturated rings. The monoisotopic (exact) mass is 428 g/mol. The molecule has 0 saturated carbocycles. The summed E-state index contributed by atoms with van der Waals surface area (Å²) in [5.74, 6) is -2.52. The van der Waals surface area contributed by atoms with E-state index >= 15 is 0 Å². The SMILES string of the molecule is CCOC=C(C(=O)O)C(=O)C(CC)CC.CCOC=C(CC)C(=O)CC(=O)OCC. The van der Waals surface area contributed by atoms with Crippen molar-refractivity contribution in [2.24, 2.45) is 5.92 Å². The zero-order chi connectivity index (χ0) is 23.5. The van der Waals surface area contributed by atoms with Gasteiger partial charge in [-0.3, -0.25) is 14.4 Å². The quantitative estimate of drug-likeness (QED) is 0.146. The summed E-state index contributed by atoms with van der Waals surface area (Å²) in [6.45, 7) is 12.0. The molecule has 0 bridgehead atoms. The summed E-state index contributed by atoms with van der Waals surface area (Å²) < 4.78 is 14.6. The molecule has 0 aromatic heterocycles. The number of carboxylic acids is 1. The van der Waals surface area contributed by atoms with Gasteiger partial charge in [0.25, 0.3) is 0 Å². The van der Waals surface area contributed by atoms with Crippen LogP contribution < -0.4 is 0 Å². The Morgan fingerprint density at radius 2 is 1.37 bits per heavy atom. The second-order valence-electron chi connectivity index (χ2n) is 6.03. The van der Waals surface area contributed by atoms with Crippen molar-refractivity contribution in [3.8, 4) is 0 Å². The molecule has 0 aliphatic rings. The van der Waals surface area contributed by atoms with Crippen molar-refractivity contribution in [3.05, 3.63) is 23.7 Å². The van der Waals surface area contributed by atoms with Crippen LogP contribution in [0.15, 0.2) is 23.7 Å². The summed E-state index contributed by atoms with van der Waals surface area (Å²) in [7, 11) is 0. The molecule has 0 aliphatic carbocycles. The van der Waals surface area contributed by atoms with Gasteiger partial charge in [0.05, 0.1) is 26.1 Å². The highest BCUT2D eigenvalue weighted by molar-refractivity contribution is 6.17. The first-order valence-corrected chi connectivity index (χ1v) is 10.3. The number of rotatable bonds is 14. The number of allylic oxidation sites excluding steroid dienone is 1. The van der Waals surface area contributed by atoms with E-state index in [9.17, 15) is 19.2 Å². The minimum atomic E-state index is -1.22. The molecule has 0 amide bonds. The van der Waals surface area contributed by atoms with E-state index in [1.165, 1.54) is 6.26 Å². The van der Waals surface area contributed by atoms with E-state index in [0.717, 1.165) is 6.26 Å². The molecule has 30 heavy (non-hydrogen) atoms. The molecule has 0 aromatic rings. The first kappa shape index (κ1) is 29.6. The normalized spacial score (nSPS) is 11.3. The van der Waals surface area contributed by atoms with Gasteiger partial charge >= 0.3 is 11.9 Å². The third-order valence-electron chi connectivity index (χ3n) is 3.96. The molecule has 8 heteroatoms. The van der Waals surface area contributed by atoms with E-state index in [1.54, 1.807) is 13.8 Å². The maximum Gasteiger partial charge on any atom is 0.342 e. The van der Waals surface area contributed by atoms with Crippen molar-refractivity contribution < 1.29 is 38.5 Å². The van der Waals surface area contributed by atoms with Gasteiger partial charge in [0, 0.05) is 11.5 Å². The molecule has 1 N–H and O–H groups in total. The standard InChI is InChI=1S/2C11H18O4/c1-4-9(8-14-5-2)10(12)7-11(13)15-6-3;1-4-8(5-2)10(12)9(11(13)14)7-15-6-3/h8H,4-7H2,1-3H3;7-8H,4-6H2,1-3H3,(H,13,14). The average Bonchev–Trinajstić information content (AvgIpc) is 2.70. The number of ether oxygens (including phenoxy) is 3. The highest BCUT2D eigenvalue weighted by Crippen LogP contribution is 2.15. The topological polar surface area (TPSA) is 116 Å². The molecule has 0 aliphatic heterocycles. The molecule has 0 atom stereocenters. The van der Waals surface area contributed by atoms with Gasteiger partial charge in [-0.15, -0.1) is 0 Å². The largest absolute Gasteiger partial charge is 0.501 e. The van der Waals surface area contributed by atoms with Gasteiger partial charge in [-0.1, -0.05) is 20.8 Å². The molecule has 0 unspecified atom stereocenters. The number of Topliss-reactive ketones (excluding diaryl/α,β-unsaturated/α-hetero) is 2. The predicted octanol–water partition coefficient (Wildman–Crippen LogP) is 3.84. The van der Waals surface area contributed by atoms with Crippen molar-refractivity contribution in [3.63, 3.8) is 0 Å². The zero-order valence-corrected chi connectivity index (χ0v) is 19.0. The minimum absolute atomic E-state index is 0.208. The van der Waals surface area contributed by atoms with Gasteiger partial charge in [0.2, 0.25) is 0 Å². The summed E-state index contributed by atoms with van der Waals surface area (Å²) in [6, 6.07) is 0. The molecule has 0 heterocycles. The highest BCUT2D eigenvalue weighted by Gasteiger charge is 2.24. The second-order valence-corrected chi connectivity index (χ2v) is 6.03. The Hall–Kier alpha value is -2.64. The van der Waals surface area contributed by atoms with Gasteiger partial charge in [0.1, 0.15) is 18.3 Å². The van der Waals surface area contributed by atoms with Gasteiger partial charge in [0.15, 0.2) is 11.6 Å². The van der Waals surface area contributed by atoms with Gasteiger partial charge in [-0.05, 0) is 40.0 Å². The fourth-order valence-electron chi connectivity index (χ4n) is 2.25. The Morgan fingerprint density at radius 3 is 1.77 bits per heavy atom. The first-order valence-electron chi connectivity index (χ1n) is 10.3. The van der Waals surface area contributed by atoms with Crippen molar-refractivity contribution in [1.29, 1.82) is 0 Å². The second kappa shape index (κ2) is 18.4. The Labute approximate surface area is 179 Å². The van der Waals surface area contributed by atoms with Crippen molar-refractivity contribution >= 4 is 23.5 Å². The summed E-state index contributed by atoms with van der Waals surface area (Å²) >= 11 is 0. The third kappa shape index (κ3) is 12.7. The summed E-state index contributed by atoms with van der Waals surface area (Å²) in [4.78, 5) is 45.1. The lowest BCUT2D eigenvalue weighted by atomic mass is 9.93. The number of hydrogen-bond donors (Lipinski definition) is 1. The van der Waals surface area contributed by atoms with E-state index < -0.39 is 11.9 Å². The lowest BCUT2D eigenvalue weighted by Crippen LogP contribution is -2.21. The zero-order valence-electron chi connectivity index (χ0n) is 19.0. The Balaban J connectivity index is 0. The number of esters is 1. The lowest BCUT2D eigenvalue weighted by molar-refractivity contribution is -0.145. The molecule has 0 radical (unpaired) electrons. The Kier molecular flexibility index (Phi) is 18.1. The van der Waals surface area contributed by atoms with Crippen molar-refractivity contribution in [1.82, 2.24) is 0 Å². The van der Waals surface area contributed by atoms with E-state index in [0.29, 0.717) is 44.7 Å². The van der Waals surface area contributed by atoms with Crippen LogP contribution in [-0.2, 0) is 33.4 Å². The molecule has 0 saturated heterocycles. The average molecular weight is 429 g/mol. The molecule has 0 aromatic carbocycles. The fraction of sp³-hybridized carbons (Fsp3) is 0.636. The number of ketones is 2. The van der Waals surface area contributed by atoms with Crippen LogP contribution in [0.2, 0.25) is 0 Å². The van der Waals surface area contributed by atoms with Crippen LogP contribution in [0.3, 0.4) is 0 Å². The Morgan fingerprint density at radius 1 is 0.833 bits per heavy atom.